The lowest BCUT2D eigenvalue weighted by Crippen LogP contribution is -2.37. The van der Waals surface area contributed by atoms with Gasteiger partial charge >= 0.3 is 5.97 Å². The summed E-state index contributed by atoms with van der Waals surface area (Å²) >= 11 is 0. The normalized spacial score (nSPS) is 23.4. The van der Waals surface area contributed by atoms with Crippen LogP contribution in [0.1, 0.15) is 18.4 Å². The number of benzene rings is 1. The molecule has 2 aliphatic rings. The number of likely N-dealkylation sites (tertiary alicyclic amines) is 1. The summed E-state index contributed by atoms with van der Waals surface area (Å²) in [6, 6.07) is 7.79. The van der Waals surface area contributed by atoms with Gasteiger partial charge in [-0.2, -0.15) is 0 Å². The number of hydrogen-bond donors (Lipinski definition) is 2. The Labute approximate surface area is 148 Å². The Morgan fingerprint density at radius 3 is 2.56 bits per heavy atom. The van der Waals surface area contributed by atoms with E-state index in [1.54, 1.807) is 7.11 Å². The van der Waals surface area contributed by atoms with Crippen molar-refractivity contribution in [2.75, 3.05) is 33.3 Å². The Hall–Kier alpha value is -2.08. The zero-order chi connectivity index (χ0) is 17.8. The monoisotopic (exact) mass is 346 g/mol. The molecular weight excluding hydrogens is 320 g/mol. The van der Waals surface area contributed by atoms with Crippen LogP contribution in [0.25, 0.3) is 0 Å². The second-order valence-electron chi connectivity index (χ2n) is 7.09. The third kappa shape index (κ3) is 4.72. The molecule has 2 atom stereocenters. The third-order valence-electron chi connectivity index (χ3n) is 5.25. The lowest BCUT2D eigenvalue weighted by atomic mass is 9.92. The predicted molar refractivity (Wildman–Crippen MR) is 93.5 cm³/mol. The van der Waals surface area contributed by atoms with E-state index in [4.69, 9.17) is 4.74 Å². The van der Waals surface area contributed by atoms with Gasteiger partial charge in [-0.3, -0.25) is 14.5 Å². The van der Waals surface area contributed by atoms with Crippen molar-refractivity contribution in [3.63, 3.8) is 0 Å². The minimum absolute atomic E-state index is 0.0332. The van der Waals surface area contributed by atoms with Gasteiger partial charge in [-0.1, -0.05) is 12.1 Å². The number of nitrogens with zero attached hydrogens (tertiary/aromatic N) is 1. The zero-order valence-corrected chi connectivity index (χ0v) is 14.6. The first-order valence-electron chi connectivity index (χ1n) is 8.91. The lowest BCUT2D eigenvalue weighted by Gasteiger charge is -2.15. The summed E-state index contributed by atoms with van der Waals surface area (Å²) in [6.07, 6.45) is 3.03. The maximum absolute atomic E-state index is 12.1. The van der Waals surface area contributed by atoms with Crippen LogP contribution in [0.3, 0.4) is 0 Å². The number of amides is 1. The smallest absolute Gasteiger partial charge is 0.308 e. The van der Waals surface area contributed by atoms with Crippen LogP contribution in [0.2, 0.25) is 0 Å². The molecule has 1 aliphatic heterocycles. The van der Waals surface area contributed by atoms with Gasteiger partial charge in [-0.05, 0) is 48.8 Å². The molecule has 2 N–H and O–H groups in total. The molecule has 0 bridgehead atoms. The average molecular weight is 346 g/mol. The fraction of sp³-hybridized carbons (Fsp3) is 0.579. The second kappa shape index (κ2) is 7.87. The molecule has 3 rings (SSSR count). The molecular formula is C19H26N2O4. The van der Waals surface area contributed by atoms with Crippen LogP contribution in [0.5, 0.6) is 5.75 Å². The van der Waals surface area contributed by atoms with E-state index in [1.807, 2.05) is 29.2 Å². The Kier molecular flexibility index (Phi) is 5.58. The molecule has 1 amide bonds. The summed E-state index contributed by atoms with van der Waals surface area (Å²) in [4.78, 5) is 25.5. The van der Waals surface area contributed by atoms with E-state index in [1.165, 1.54) is 0 Å². The van der Waals surface area contributed by atoms with Crippen molar-refractivity contribution in [2.45, 2.75) is 19.3 Å². The van der Waals surface area contributed by atoms with Crippen molar-refractivity contribution in [1.29, 1.82) is 0 Å². The first-order chi connectivity index (χ1) is 12.1. The maximum Gasteiger partial charge on any atom is 0.308 e. The van der Waals surface area contributed by atoms with Crippen molar-refractivity contribution < 1.29 is 19.4 Å². The van der Waals surface area contributed by atoms with Crippen LogP contribution >= 0.6 is 0 Å². The molecule has 1 aliphatic carbocycles. The number of aliphatic carboxylic acids is 1. The van der Waals surface area contributed by atoms with Crippen LogP contribution in [-0.2, 0) is 16.0 Å². The standard InChI is InChI=1S/C19H26N2O4/c1-25-15-6-2-13(3-7-15)8-9-20-18(22)12-21-10-16(14-4-5-14)17(11-21)19(23)24/h2-3,6-7,14,16-17H,4-5,8-12H2,1H3,(H,20,22)(H,23,24)/t16-,17+/m0/s1. The number of carbonyl (C=O) groups is 2. The Morgan fingerprint density at radius 1 is 1.24 bits per heavy atom. The zero-order valence-electron chi connectivity index (χ0n) is 14.6. The van der Waals surface area contributed by atoms with E-state index < -0.39 is 5.97 Å². The summed E-state index contributed by atoms with van der Waals surface area (Å²) in [5.41, 5.74) is 1.14. The lowest BCUT2D eigenvalue weighted by molar-refractivity contribution is -0.142. The highest BCUT2D eigenvalue weighted by molar-refractivity contribution is 5.78. The van der Waals surface area contributed by atoms with Crippen molar-refractivity contribution in [2.24, 2.45) is 17.8 Å². The number of carboxylic acids is 1. The van der Waals surface area contributed by atoms with E-state index >= 15 is 0 Å². The number of hydrogen-bond acceptors (Lipinski definition) is 4. The summed E-state index contributed by atoms with van der Waals surface area (Å²) in [7, 11) is 1.64. The van der Waals surface area contributed by atoms with Gasteiger partial charge in [0.25, 0.3) is 0 Å². The molecule has 0 unspecified atom stereocenters. The highest BCUT2D eigenvalue weighted by Gasteiger charge is 2.45. The number of ether oxygens (including phenoxy) is 1. The topological polar surface area (TPSA) is 78.9 Å². The summed E-state index contributed by atoms with van der Waals surface area (Å²) in [5.74, 6) is 0.502. The van der Waals surface area contributed by atoms with Crippen LogP contribution < -0.4 is 10.1 Å². The molecule has 1 heterocycles. The molecule has 1 aromatic rings. The molecule has 0 spiro atoms. The SMILES string of the molecule is COc1ccc(CCNC(=O)CN2C[C@@H](C(=O)O)[C@H](C3CC3)C2)cc1. The van der Waals surface area contributed by atoms with Crippen molar-refractivity contribution in [3.8, 4) is 5.75 Å². The van der Waals surface area contributed by atoms with E-state index in [0.717, 1.165) is 37.1 Å². The van der Waals surface area contributed by atoms with Gasteiger partial charge in [-0.25, -0.2) is 0 Å². The van der Waals surface area contributed by atoms with E-state index in [-0.39, 0.29) is 24.3 Å². The highest BCUT2D eigenvalue weighted by Crippen LogP contribution is 2.43. The highest BCUT2D eigenvalue weighted by atomic mass is 16.5. The van der Waals surface area contributed by atoms with Crippen molar-refractivity contribution in [3.05, 3.63) is 29.8 Å². The first-order valence-corrected chi connectivity index (χ1v) is 8.91. The minimum Gasteiger partial charge on any atom is -0.497 e. The van der Waals surface area contributed by atoms with Gasteiger partial charge in [0.15, 0.2) is 0 Å². The molecule has 136 valence electrons. The van der Waals surface area contributed by atoms with E-state index in [0.29, 0.717) is 19.0 Å². The Morgan fingerprint density at radius 2 is 1.96 bits per heavy atom. The molecule has 1 saturated heterocycles. The van der Waals surface area contributed by atoms with Crippen molar-refractivity contribution >= 4 is 11.9 Å². The molecule has 25 heavy (non-hydrogen) atoms. The van der Waals surface area contributed by atoms with E-state index in [2.05, 4.69) is 5.32 Å². The second-order valence-corrected chi connectivity index (χ2v) is 7.09. The molecule has 6 nitrogen and oxygen atoms in total. The molecule has 1 saturated carbocycles. The van der Waals surface area contributed by atoms with Crippen LogP contribution in [-0.4, -0.2) is 55.2 Å². The van der Waals surface area contributed by atoms with Gasteiger partial charge in [0.05, 0.1) is 19.6 Å². The number of rotatable bonds is 8. The number of methoxy groups -OCH3 is 1. The van der Waals surface area contributed by atoms with Crippen LogP contribution in [0, 0.1) is 17.8 Å². The quantitative estimate of drug-likeness (QED) is 0.744. The number of carbonyl (C=O) groups excluding carboxylic acids is 1. The Bertz CT molecular complexity index is 612. The van der Waals surface area contributed by atoms with Gasteiger partial charge in [0.1, 0.15) is 5.75 Å². The number of nitrogens with one attached hydrogen (secondary N) is 1. The van der Waals surface area contributed by atoms with Gasteiger partial charge in [0.2, 0.25) is 5.91 Å². The fourth-order valence-corrected chi connectivity index (χ4v) is 3.70. The minimum atomic E-state index is -0.723. The van der Waals surface area contributed by atoms with Gasteiger partial charge in [0, 0.05) is 19.6 Å². The predicted octanol–water partition coefficient (Wildman–Crippen LogP) is 1.40. The fourth-order valence-electron chi connectivity index (χ4n) is 3.70. The number of carboxylic acid groups (broad SMARTS) is 1. The molecule has 0 radical (unpaired) electrons. The van der Waals surface area contributed by atoms with Gasteiger partial charge < -0.3 is 15.2 Å². The Balaban J connectivity index is 1.41. The summed E-state index contributed by atoms with van der Waals surface area (Å²) < 4.78 is 5.12. The first kappa shape index (κ1) is 17.7. The molecule has 1 aromatic carbocycles. The van der Waals surface area contributed by atoms with Crippen LogP contribution in [0.4, 0.5) is 0 Å². The van der Waals surface area contributed by atoms with Crippen LogP contribution in [0.15, 0.2) is 24.3 Å². The summed E-state index contributed by atoms with van der Waals surface area (Å²) in [6.45, 7) is 2.08. The summed E-state index contributed by atoms with van der Waals surface area (Å²) in [5, 5.41) is 12.3. The molecule has 6 heteroatoms. The van der Waals surface area contributed by atoms with Gasteiger partial charge in [-0.15, -0.1) is 0 Å². The van der Waals surface area contributed by atoms with Crippen molar-refractivity contribution in [1.82, 2.24) is 10.2 Å². The maximum atomic E-state index is 12.1. The average Bonchev–Trinajstić information content (AvgIpc) is 3.36. The largest absolute Gasteiger partial charge is 0.497 e. The third-order valence-corrected chi connectivity index (χ3v) is 5.25. The molecule has 0 aromatic heterocycles. The van der Waals surface area contributed by atoms with E-state index in [9.17, 15) is 14.7 Å². The molecule has 2 fully saturated rings.